The number of carbonyl (C=O) groups is 1. The lowest BCUT2D eigenvalue weighted by Crippen LogP contribution is -2.12. The third kappa shape index (κ3) is 4.67. The molecule has 0 fully saturated rings. The van der Waals surface area contributed by atoms with Crippen molar-refractivity contribution in [3.63, 3.8) is 0 Å². The van der Waals surface area contributed by atoms with Gasteiger partial charge >= 0.3 is 0 Å². The Morgan fingerprint density at radius 2 is 1.80 bits per heavy atom. The Kier molecular flexibility index (Phi) is 5.50. The summed E-state index contributed by atoms with van der Waals surface area (Å²) in [5, 5.41) is 11.6. The molecule has 0 bridgehead atoms. The fourth-order valence-corrected chi connectivity index (χ4v) is 4.29. The van der Waals surface area contributed by atoms with Crippen LogP contribution in [0.1, 0.15) is 32.6 Å². The number of amides is 1. The first-order valence-corrected chi connectivity index (χ1v) is 9.72. The molecule has 1 heterocycles. The van der Waals surface area contributed by atoms with Crippen molar-refractivity contribution in [1.82, 2.24) is 10.2 Å². The first-order valence-electron chi connectivity index (χ1n) is 7.92. The van der Waals surface area contributed by atoms with E-state index in [1.165, 1.54) is 28.0 Å². The summed E-state index contributed by atoms with van der Waals surface area (Å²) in [6.45, 7) is 6.12. The van der Waals surface area contributed by atoms with Crippen molar-refractivity contribution in [3.8, 4) is 0 Å². The molecule has 25 heavy (non-hydrogen) atoms. The van der Waals surface area contributed by atoms with E-state index in [9.17, 15) is 4.79 Å². The van der Waals surface area contributed by atoms with E-state index in [0.29, 0.717) is 10.7 Å². The minimum absolute atomic E-state index is 0.153. The zero-order valence-corrected chi connectivity index (χ0v) is 16.0. The second kappa shape index (κ2) is 7.80. The van der Waals surface area contributed by atoms with E-state index in [4.69, 9.17) is 0 Å². The average Bonchev–Trinajstić information content (AvgIpc) is 3.00. The number of anilines is 1. The van der Waals surface area contributed by atoms with Gasteiger partial charge in [0.25, 0.3) is 5.91 Å². The Morgan fingerprint density at radius 3 is 2.52 bits per heavy atom. The molecule has 0 spiro atoms. The molecule has 0 saturated carbocycles. The van der Waals surface area contributed by atoms with Crippen molar-refractivity contribution in [2.75, 3.05) is 5.32 Å². The summed E-state index contributed by atoms with van der Waals surface area (Å²) >= 11 is 3.03. The van der Waals surface area contributed by atoms with E-state index >= 15 is 0 Å². The van der Waals surface area contributed by atoms with Gasteiger partial charge in [0.15, 0.2) is 4.34 Å². The number of rotatable bonds is 5. The largest absolute Gasteiger partial charge is 0.296 e. The Balaban J connectivity index is 1.62. The smallest absolute Gasteiger partial charge is 0.257 e. The molecule has 1 N–H and O–H groups in total. The van der Waals surface area contributed by atoms with E-state index in [1.54, 1.807) is 17.8 Å². The summed E-state index contributed by atoms with van der Waals surface area (Å²) in [5.41, 5.74) is 5.39. The number of thioether (sulfide) groups is 1. The monoisotopic (exact) mass is 369 g/mol. The summed E-state index contributed by atoms with van der Waals surface area (Å²) in [5.74, 6) is 0.684. The number of carbonyl (C=O) groups excluding carboxylic acids is 1. The van der Waals surface area contributed by atoms with Crippen molar-refractivity contribution < 1.29 is 4.79 Å². The van der Waals surface area contributed by atoms with Gasteiger partial charge in [0.1, 0.15) is 0 Å². The van der Waals surface area contributed by atoms with Crippen LogP contribution in [-0.4, -0.2) is 16.1 Å². The Morgan fingerprint density at radius 1 is 1.08 bits per heavy atom. The summed E-state index contributed by atoms with van der Waals surface area (Å²) in [6.07, 6.45) is 0. The van der Waals surface area contributed by atoms with Gasteiger partial charge < -0.3 is 0 Å². The maximum absolute atomic E-state index is 12.3. The molecule has 0 aliphatic rings. The summed E-state index contributed by atoms with van der Waals surface area (Å²) in [7, 11) is 0. The molecular weight excluding hydrogens is 350 g/mol. The van der Waals surface area contributed by atoms with Gasteiger partial charge in [-0.05, 0) is 38.0 Å². The van der Waals surface area contributed by atoms with Crippen LogP contribution in [0.15, 0.2) is 46.8 Å². The lowest BCUT2D eigenvalue weighted by molar-refractivity contribution is 0.102. The molecule has 0 unspecified atom stereocenters. The van der Waals surface area contributed by atoms with Gasteiger partial charge in [-0.1, -0.05) is 70.6 Å². The van der Waals surface area contributed by atoms with Gasteiger partial charge in [0.2, 0.25) is 5.13 Å². The zero-order chi connectivity index (χ0) is 17.8. The highest BCUT2D eigenvalue weighted by molar-refractivity contribution is 8.00. The fourth-order valence-electron chi connectivity index (χ4n) is 2.61. The van der Waals surface area contributed by atoms with Crippen molar-refractivity contribution in [2.45, 2.75) is 30.9 Å². The van der Waals surface area contributed by atoms with Crippen LogP contribution in [0.5, 0.6) is 0 Å². The highest BCUT2D eigenvalue weighted by Crippen LogP contribution is 2.29. The number of benzene rings is 2. The molecular formula is C19H19N3OS2. The first-order chi connectivity index (χ1) is 12.0. The summed E-state index contributed by atoms with van der Waals surface area (Å²) in [4.78, 5) is 12.3. The van der Waals surface area contributed by atoms with Crippen molar-refractivity contribution in [2.24, 2.45) is 0 Å². The minimum Gasteiger partial charge on any atom is -0.296 e. The highest BCUT2D eigenvalue weighted by atomic mass is 32.2. The normalized spacial score (nSPS) is 10.7. The minimum atomic E-state index is -0.153. The van der Waals surface area contributed by atoms with Crippen LogP contribution in [-0.2, 0) is 5.75 Å². The molecule has 0 saturated heterocycles. The molecule has 0 aliphatic heterocycles. The third-order valence-corrected chi connectivity index (χ3v) is 5.70. The van der Waals surface area contributed by atoms with Crippen LogP contribution in [0.25, 0.3) is 0 Å². The summed E-state index contributed by atoms with van der Waals surface area (Å²) < 4.78 is 0.847. The van der Waals surface area contributed by atoms with Gasteiger partial charge in [-0.2, -0.15) is 0 Å². The molecule has 2 aromatic carbocycles. The van der Waals surface area contributed by atoms with Gasteiger partial charge in [0, 0.05) is 11.3 Å². The molecule has 3 aromatic rings. The highest BCUT2D eigenvalue weighted by Gasteiger charge is 2.12. The van der Waals surface area contributed by atoms with Crippen molar-refractivity contribution >= 4 is 34.1 Å². The topological polar surface area (TPSA) is 54.9 Å². The molecule has 0 radical (unpaired) electrons. The van der Waals surface area contributed by atoms with Crippen molar-refractivity contribution in [3.05, 3.63) is 70.3 Å². The third-order valence-electron chi connectivity index (χ3n) is 3.66. The van der Waals surface area contributed by atoms with Crippen LogP contribution >= 0.6 is 23.1 Å². The Hall–Kier alpha value is -2.18. The molecule has 3 rings (SSSR count). The Labute approximate surface area is 155 Å². The van der Waals surface area contributed by atoms with E-state index in [2.05, 4.69) is 47.6 Å². The number of hydrogen-bond acceptors (Lipinski definition) is 5. The fraction of sp³-hybridized carbons (Fsp3) is 0.211. The molecule has 128 valence electrons. The predicted octanol–water partition coefficient (Wildman–Crippen LogP) is 5.01. The molecule has 4 nitrogen and oxygen atoms in total. The second-order valence-electron chi connectivity index (χ2n) is 5.93. The standard InChI is InChI=1S/C19H19N3OS2/c1-12-8-13(2)10-15(9-12)11-24-19-22-21-18(25-19)20-17(23)16-7-5-4-6-14(16)3/h4-10H,11H2,1-3H3,(H,20,21,23). The first kappa shape index (κ1) is 17.6. The van der Waals surface area contributed by atoms with Crippen LogP contribution in [0.4, 0.5) is 5.13 Å². The van der Waals surface area contributed by atoms with Crippen molar-refractivity contribution in [1.29, 1.82) is 0 Å². The van der Waals surface area contributed by atoms with Gasteiger partial charge in [-0.25, -0.2) is 0 Å². The second-order valence-corrected chi connectivity index (χ2v) is 8.13. The Bertz CT molecular complexity index is 885. The number of nitrogens with zero attached hydrogens (tertiary/aromatic N) is 2. The molecule has 1 amide bonds. The maximum atomic E-state index is 12.3. The van der Waals surface area contributed by atoms with Crippen LogP contribution < -0.4 is 5.32 Å². The van der Waals surface area contributed by atoms with E-state index in [1.807, 2.05) is 25.1 Å². The van der Waals surface area contributed by atoms with E-state index in [-0.39, 0.29) is 5.91 Å². The SMILES string of the molecule is Cc1cc(C)cc(CSc2nnc(NC(=O)c3ccccc3C)s2)c1. The van der Waals surface area contributed by atoms with E-state index < -0.39 is 0 Å². The quantitative estimate of drug-likeness (QED) is 0.507. The molecule has 6 heteroatoms. The average molecular weight is 370 g/mol. The van der Waals surface area contributed by atoms with Crippen LogP contribution in [0.2, 0.25) is 0 Å². The van der Waals surface area contributed by atoms with Gasteiger partial charge in [-0.3, -0.25) is 10.1 Å². The number of hydrogen-bond donors (Lipinski definition) is 1. The van der Waals surface area contributed by atoms with Crippen LogP contribution in [0, 0.1) is 20.8 Å². The predicted molar refractivity (Wildman–Crippen MR) is 105 cm³/mol. The maximum Gasteiger partial charge on any atom is 0.257 e. The molecule has 1 aromatic heterocycles. The summed E-state index contributed by atoms with van der Waals surface area (Å²) in [6, 6.07) is 14.0. The number of aryl methyl sites for hydroxylation is 3. The lowest BCUT2D eigenvalue weighted by atomic mass is 10.1. The van der Waals surface area contributed by atoms with Gasteiger partial charge in [0.05, 0.1) is 0 Å². The van der Waals surface area contributed by atoms with Crippen LogP contribution in [0.3, 0.4) is 0 Å². The number of aromatic nitrogens is 2. The molecule has 0 aliphatic carbocycles. The number of nitrogens with one attached hydrogen (secondary N) is 1. The molecule has 0 atom stereocenters. The lowest BCUT2D eigenvalue weighted by Gasteiger charge is -2.04. The zero-order valence-electron chi connectivity index (χ0n) is 14.4. The van der Waals surface area contributed by atoms with E-state index in [0.717, 1.165) is 15.7 Å². The van der Waals surface area contributed by atoms with Gasteiger partial charge in [-0.15, -0.1) is 10.2 Å².